The van der Waals surface area contributed by atoms with Gasteiger partial charge >= 0.3 is 0 Å². The molecule has 1 heterocycles. The van der Waals surface area contributed by atoms with Crippen LogP contribution in [0.25, 0.3) is 0 Å². The van der Waals surface area contributed by atoms with Gasteiger partial charge in [0.1, 0.15) is 0 Å². The van der Waals surface area contributed by atoms with Crippen LogP contribution < -0.4 is 10.6 Å². The van der Waals surface area contributed by atoms with Crippen molar-refractivity contribution < 1.29 is 4.74 Å². The Hall–Kier alpha value is -0.350. The molecule has 4 heteroatoms. The van der Waals surface area contributed by atoms with E-state index in [4.69, 9.17) is 17.0 Å². The van der Waals surface area contributed by atoms with Crippen LogP contribution in [0.2, 0.25) is 0 Å². The Labute approximate surface area is 110 Å². The second-order valence-electron chi connectivity index (χ2n) is 5.34. The van der Waals surface area contributed by atoms with Crippen LogP contribution in [0.15, 0.2) is 0 Å². The average Bonchev–Trinajstić information content (AvgIpc) is 2.82. The lowest BCUT2D eigenvalue weighted by Crippen LogP contribution is -2.47. The first-order valence-electron chi connectivity index (χ1n) is 6.90. The van der Waals surface area contributed by atoms with Crippen molar-refractivity contribution in [1.82, 2.24) is 10.6 Å². The molecule has 0 aromatic carbocycles. The molecular weight excluding hydrogens is 232 g/mol. The zero-order valence-corrected chi connectivity index (χ0v) is 11.5. The highest BCUT2D eigenvalue weighted by molar-refractivity contribution is 7.80. The van der Waals surface area contributed by atoms with Crippen LogP contribution >= 0.6 is 12.2 Å². The molecule has 2 fully saturated rings. The van der Waals surface area contributed by atoms with Gasteiger partial charge in [0.25, 0.3) is 0 Å². The number of nitrogens with one attached hydrogen (secondary N) is 2. The quantitative estimate of drug-likeness (QED) is 0.759. The normalized spacial score (nSPS) is 24.5. The highest BCUT2D eigenvalue weighted by Gasteiger charge is 2.22. The minimum absolute atomic E-state index is 0.459. The smallest absolute Gasteiger partial charge is 0.166 e. The molecule has 0 bridgehead atoms. The molecule has 0 amide bonds. The minimum atomic E-state index is 0.459. The third kappa shape index (κ3) is 4.11. The standard InChI is InChI=1S/C13H24N2OS/c1-10(11-6-8-16-9-7-11)14-13(17)15-12-4-2-3-5-12/h10-12H,2-9H2,1H3,(H2,14,15,17). The molecule has 1 aliphatic carbocycles. The summed E-state index contributed by atoms with van der Waals surface area (Å²) in [6.45, 7) is 4.04. The molecule has 2 aliphatic rings. The molecule has 1 saturated carbocycles. The van der Waals surface area contributed by atoms with E-state index in [1.807, 2.05) is 0 Å². The summed E-state index contributed by atoms with van der Waals surface area (Å²) in [5, 5.41) is 7.72. The molecule has 2 N–H and O–H groups in total. The predicted octanol–water partition coefficient (Wildman–Crippen LogP) is 2.21. The van der Waals surface area contributed by atoms with Crippen LogP contribution in [0.5, 0.6) is 0 Å². The largest absolute Gasteiger partial charge is 0.381 e. The van der Waals surface area contributed by atoms with Gasteiger partial charge in [-0.1, -0.05) is 12.8 Å². The van der Waals surface area contributed by atoms with Gasteiger partial charge in [-0.05, 0) is 50.7 Å². The van der Waals surface area contributed by atoms with E-state index in [0.717, 1.165) is 31.2 Å². The molecule has 0 spiro atoms. The molecule has 0 aromatic rings. The summed E-state index contributed by atoms with van der Waals surface area (Å²) in [5.74, 6) is 0.701. The number of rotatable bonds is 3. The van der Waals surface area contributed by atoms with Gasteiger partial charge in [0.15, 0.2) is 5.11 Å². The molecule has 0 radical (unpaired) electrons. The molecule has 1 aliphatic heterocycles. The first-order valence-corrected chi connectivity index (χ1v) is 7.31. The van der Waals surface area contributed by atoms with Crippen LogP contribution in [-0.2, 0) is 4.74 Å². The van der Waals surface area contributed by atoms with Crippen molar-refractivity contribution in [3.05, 3.63) is 0 Å². The Bertz CT molecular complexity index is 248. The molecule has 0 aromatic heterocycles. The first kappa shape index (κ1) is 13.1. The summed E-state index contributed by atoms with van der Waals surface area (Å²) in [5.41, 5.74) is 0. The number of hydrogen-bond acceptors (Lipinski definition) is 2. The molecule has 1 unspecified atom stereocenters. The third-order valence-corrected chi connectivity index (χ3v) is 4.26. The monoisotopic (exact) mass is 256 g/mol. The Kier molecular flexibility index (Phi) is 5.04. The van der Waals surface area contributed by atoms with Gasteiger partial charge in [-0.3, -0.25) is 0 Å². The van der Waals surface area contributed by atoms with E-state index in [2.05, 4.69) is 17.6 Å². The molecule has 1 atom stereocenters. The fraction of sp³-hybridized carbons (Fsp3) is 0.923. The Morgan fingerprint density at radius 3 is 2.47 bits per heavy atom. The maximum atomic E-state index is 5.39. The first-order chi connectivity index (χ1) is 8.25. The molecule has 3 nitrogen and oxygen atoms in total. The van der Waals surface area contributed by atoms with E-state index in [0.29, 0.717) is 18.0 Å². The van der Waals surface area contributed by atoms with E-state index >= 15 is 0 Å². The summed E-state index contributed by atoms with van der Waals surface area (Å²) in [4.78, 5) is 0. The Balaban J connectivity index is 1.69. The summed E-state index contributed by atoms with van der Waals surface area (Å²) >= 11 is 5.38. The van der Waals surface area contributed by atoms with Crippen LogP contribution in [0, 0.1) is 5.92 Å². The molecule has 2 rings (SSSR count). The van der Waals surface area contributed by atoms with Crippen LogP contribution in [0.1, 0.15) is 45.4 Å². The van der Waals surface area contributed by atoms with Crippen molar-refractivity contribution in [3.8, 4) is 0 Å². The van der Waals surface area contributed by atoms with Gasteiger partial charge in [0, 0.05) is 25.3 Å². The van der Waals surface area contributed by atoms with Crippen LogP contribution in [0.4, 0.5) is 0 Å². The summed E-state index contributed by atoms with van der Waals surface area (Å²) in [7, 11) is 0. The minimum Gasteiger partial charge on any atom is -0.381 e. The maximum Gasteiger partial charge on any atom is 0.166 e. The van der Waals surface area contributed by atoms with Gasteiger partial charge in [-0.15, -0.1) is 0 Å². The highest BCUT2D eigenvalue weighted by Crippen LogP contribution is 2.19. The lowest BCUT2D eigenvalue weighted by Gasteiger charge is -2.29. The number of hydrogen-bond donors (Lipinski definition) is 2. The fourth-order valence-corrected chi connectivity index (χ4v) is 3.19. The maximum absolute atomic E-state index is 5.39. The van der Waals surface area contributed by atoms with Crippen molar-refractivity contribution in [2.75, 3.05) is 13.2 Å². The number of ether oxygens (including phenoxy) is 1. The molecular formula is C13H24N2OS. The van der Waals surface area contributed by atoms with Crippen molar-refractivity contribution in [2.24, 2.45) is 5.92 Å². The molecule has 98 valence electrons. The van der Waals surface area contributed by atoms with Gasteiger partial charge in [0.05, 0.1) is 0 Å². The third-order valence-electron chi connectivity index (χ3n) is 4.02. The van der Waals surface area contributed by atoms with E-state index in [1.54, 1.807) is 0 Å². The fourth-order valence-electron chi connectivity index (χ4n) is 2.84. The lowest BCUT2D eigenvalue weighted by atomic mass is 9.93. The average molecular weight is 256 g/mol. The van der Waals surface area contributed by atoms with Gasteiger partial charge in [-0.2, -0.15) is 0 Å². The second-order valence-corrected chi connectivity index (χ2v) is 5.75. The van der Waals surface area contributed by atoms with Crippen LogP contribution in [0.3, 0.4) is 0 Å². The SMILES string of the molecule is CC(NC(=S)NC1CCCC1)C1CCOCC1. The van der Waals surface area contributed by atoms with Gasteiger partial charge in [-0.25, -0.2) is 0 Å². The van der Waals surface area contributed by atoms with Crippen LogP contribution in [-0.4, -0.2) is 30.4 Å². The highest BCUT2D eigenvalue weighted by atomic mass is 32.1. The Morgan fingerprint density at radius 2 is 1.82 bits per heavy atom. The van der Waals surface area contributed by atoms with Gasteiger partial charge in [0.2, 0.25) is 0 Å². The zero-order valence-electron chi connectivity index (χ0n) is 10.7. The van der Waals surface area contributed by atoms with Crippen molar-refractivity contribution in [2.45, 2.75) is 57.5 Å². The predicted molar refractivity (Wildman–Crippen MR) is 74.1 cm³/mol. The van der Waals surface area contributed by atoms with E-state index in [9.17, 15) is 0 Å². The summed E-state index contributed by atoms with van der Waals surface area (Å²) in [6, 6.07) is 1.07. The molecule has 17 heavy (non-hydrogen) atoms. The van der Waals surface area contributed by atoms with Crippen molar-refractivity contribution in [1.29, 1.82) is 0 Å². The molecule has 1 saturated heterocycles. The number of thiocarbonyl (C=S) groups is 1. The van der Waals surface area contributed by atoms with E-state index in [1.165, 1.54) is 25.7 Å². The van der Waals surface area contributed by atoms with E-state index < -0.39 is 0 Å². The van der Waals surface area contributed by atoms with Crippen molar-refractivity contribution in [3.63, 3.8) is 0 Å². The summed E-state index contributed by atoms with van der Waals surface area (Å²) in [6.07, 6.45) is 7.53. The second kappa shape index (κ2) is 6.55. The zero-order chi connectivity index (χ0) is 12.1. The Morgan fingerprint density at radius 1 is 1.18 bits per heavy atom. The lowest BCUT2D eigenvalue weighted by molar-refractivity contribution is 0.0581. The van der Waals surface area contributed by atoms with Gasteiger partial charge < -0.3 is 15.4 Å². The van der Waals surface area contributed by atoms with E-state index in [-0.39, 0.29) is 0 Å². The topological polar surface area (TPSA) is 33.3 Å². The summed E-state index contributed by atoms with van der Waals surface area (Å²) < 4.78 is 5.39. The van der Waals surface area contributed by atoms with Crippen molar-refractivity contribution >= 4 is 17.3 Å².